The fraction of sp³-hybridized carbons (Fsp3) is 0.333. The molecule has 4 rings (SSSR count). The molecule has 226 valence electrons. The summed E-state index contributed by atoms with van der Waals surface area (Å²) in [5.74, 6) is 0.803. The van der Waals surface area contributed by atoms with Gasteiger partial charge in [0.2, 0.25) is 5.91 Å². The number of aromatic nitrogens is 3. The highest BCUT2D eigenvalue weighted by molar-refractivity contribution is 6.05. The molecule has 2 aromatic carbocycles. The topological polar surface area (TPSA) is 127 Å². The molecule has 0 spiro atoms. The molecule has 0 saturated carbocycles. The van der Waals surface area contributed by atoms with Gasteiger partial charge in [-0.3, -0.25) is 14.0 Å². The largest absolute Gasteiger partial charge is 0.385 e. The second-order valence-electron chi connectivity index (χ2n) is 11.1. The number of aryl methyl sites for hydroxylation is 1. The summed E-state index contributed by atoms with van der Waals surface area (Å²) in [7, 11) is 5.48. The molecule has 2 amide bonds. The number of imidazole rings is 1. The third-order valence-electron chi connectivity index (χ3n) is 7.14. The highest BCUT2D eigenvalue weighted by Gasteiger charge is 2.24. The second kappa shape index (κ2) is 14.1. The van der Waals surface area contributed by atoms with E-state index in [9.17, 15) is 9.59 Å². The van der Waals surface area contributed by atoms with Gasteiger partial charge in [0.1, 0.15) is 22.9 Å². The average molecular weight is 584 g/mol. The maximum atomic E-state index is 13.3. The summed E-state index contributed by atoms with van der Waals surface area (Å²) in [5.41, 5.74) is 11.8. The Balaban J connectivity index is 1.68. The van der Waals surface area contributed by atoms with Crippen LogP contribution in [0.4, 0.5) is 11.5 Å². The van der Waals surface area contributed by atoms with Crippen molar-refractivity contribution in [3.63, 3.8) is 0 Å². The predicted molar refractivity (Wildman–Crippen MR) is 171 cm³/mol. The smallest absolute Gasteiger partial charge is 0.255 e. The number of carbonyl (C=O) groups excluding carboxylic acids is 2. The van der Waals surface area contributed by atoms with Crippen LogP contribution in [0.3, 0.4) is 0 Å². The molecule has 4 aromatic rings. The van der Waals surface area contributed by atoms with E-state index in [4.69, 9.17) is 15.5 Å². The Labute approximate surface area is 253 Å². The van der Waals surface area contributed by atoms with Crippen molar-refractivity contribution in [2.24, 2.45) is 0 Å². The summed E-state index contributed by atoms with van der Waals surface area (Å²) in [5, 5.41) is 6.07. The minimum Gasteiger partial charge on any atom is -0.385 e. The van der Waals surface area contributed by atoms with E-state index in [0.717, 1.165) is 11.3 Å². The summed E-state index contributed by atoms with van der Waals surface area (Å²) in [6.45, 7) is 7.40. The van der Waals surface area contributed by atoms with Crippen LogP contribution in [0.5, 0.6) is 0 Å². The van der Waals surface area contributed by atoms with Crippen LogP contribution in [0.1, 0.15) is 59.5 Å². The number of fused-ring (bicyclic) bond motifs is 1. The molecule has 43 heavy (non-hydrogen) atoms. The summed E-state index contributed by atoms with van der Waals surface area (Å²) in [6, 6.07) is 12.7. The molecule has 0 bridgehead atoms. The predicted octanol–water partition coefficient (Wildman–Crippen LogP) is 4.97. The maximum absolute atomic E-state index is 13.3. The number of nitrogens with zero attached hydrogens (tertiary/aromatic N) is 4. The molecule has 0 fully saturated rings. The van der Waals surface area contributed by atoms with Crippen LogP contribution in [-0.4, -0.2) is 65.4 Å². The lowest BCUT2D eigenvalue weighted by atomic mass is 9.97. The van der Waals surface area contributed by atoms with Gasteiger partial charge in [-0.1, -0.05) is 38.1 Å². The van der Waals surface area contributed by atoms with E-state index < -0.39 is 6.04 Å². The number of anilines is 2. The zero-order valence-corrected chi connectivity index (χ0v) is 25.7. The summed E-state index contributed by atoms with van der Waals surface area (Å²) >= 11 is 0. The third kappa shape index (κ3) is 7.65. The van der Waals surface area contributed by atoms with E-state index in [1.807, 2.05) is 54.6 Å². The van der Waals surface area contributed by atoms with Gasteiger partial charge in [-0.2, -0.15) is 0 Å². The molecule has 0 saturated heterocycles. The molecule has 0 unspecified atom stereocenters. The zero-order valence-electron chi connectivity index (χ0n) is 25.7. The Morgan fingerprint density at radius 2 is 1.95 bits per heavy atom. The van der Waals surface area contributed by atoms with Crippen molar-refractivity contribution in [3.8, 4) is 11.3 Å². The van der Waals surface area contributed by atoms with Crippen molar-refractivity contribution < 1.29 is 14.3 Å². The number of likely N-dealkylation sites (N-methyl/N-ethyl adjacent to an activating group) is 1. The van der Waals surface area contributed by atoms with Gasteiger partial charge in [0, 0.05) is 55.5 Å². The molecule has 0 aliphatic carbocycles. The van der Waals surface area contributed by atoms with E-state index in [2.05, 4.69) is 35.5 Å². The van der Waals surface area contributed by atoms with Crippen molar-refractivity contribution in [1.29, 1.82) is 0 Å². The first-order chi connectivity index (χ1) is 20.6. The van der Waals surface area contributed by atoms with Crippen molar-refractivity contribution in [2.45, 2.75) is 39.2 Å². The number of nitrogens with two attached hydrogens (primary N) is 1. The van der Waals surface area contributed by atoms with Crippen LogP contribution in [0.2, 0.25) is 0 Å². The second-order valence-corrected chi connectivity index (χ2v) is 11.1. The number of nitrogens with one attached hydrogen (secondary N) is 2. The number of ether oxygens (including phenoxy) is 1. The Bertz CT molecular complexity index is 1620. The van der Waals surface area contributed by atoms with E-state index >= 15 is 0 Å². The molecule has 1 atom stereocenters. The Morgan fingerprint density at radius 1 is 1.16 bits per heavy atom. The van der Waals surface area contributed by atoms with Crippen LogP contribution in [0.25, 0.3) is 16.8 Å². The lowest BCUT2D eigenvalue weighted by molar-refractivity contribution is -0.117. The van der Waals surface area contributed by atoms with Crippen molar-refractivity contribution in [3.05, 3.63) is 89.5 Å². The summed E-state index contributed by atoms with van der Waals surface area (Å²) < 4.78 is 7.18. The third-order valence-corrected chi connectivity index (χ3v) is 7.14. The van der Waals surface area contributed by atoms with Crippen LogP contribution < -0.4 is 16.4 Å². The van der Waals surface area contributed by atoms with Gasteiger partial charge in [0.15, 0.2) is 0 Å². The number of nitrogen functional groups attached to an aromatic ring is 1. The molecule has 10 heteroatoms. The van der Waals surface area contributed by atoms with E-state index in [1.54, 1.807) is 37.7 Å². The van der Waals surface area contributed by atoms with E-state index in [-0.39, 0.29) is 17.6 Å². The zero-order chi connectivity index (χ0) is 31.1. The number of benzene rings is 2. The molecular formula is C33H41N7O3. The molecule has 2 aromatic heterocycles. The minimum atomic E-state index is -0.469. The van der Waals surface area contributed by atoms with E-state index in [1.165, 1.54) is 11.6 Å². The average Bonchev–Trinajstić information content (AvgIpc) is 3.36. The Kier molecular flexibility index (Phi) is 10.3. The Morgan fingerprint density at radius 3 is 2.65 bits per heavy atom. The van der Waals surface area contributed by atoms with Gasteiger partial charge in [-0.15, -0.1) is 0 Å². The number of carbonyl (C=O) groups is 2. The maximum Gasteiger partial charge on any atom is 0.255 e. The number of rotatable bonds is 12. The fourth-order valence-corrected chi connectivity index (χ4v) is 5.04. The van der Waals surface area contributed by atoms with E-state index in [0.29, 0.717) is 53.7 Å². The summed E-state index contributed by atoms with van der Waals surface area (Å²) in [6.07, 6.45) is 7.18. The van der Waals surface area contributed by atoms with Crippen molar-refractivity contribution >= 4 is 28.8 Å². The molecule has 0 aliphatic rings. The van der Waals surface area contributed by atoms with Gasteiger partial charge in [0.25, 0.3) is 5.91 Å². The molecular weight excluding hydrogens is 542 g/mol. The highest BCUT2D eigenvalue weighted by atomic mass is 16.5. The standard InChI is InChI=1S/C33H41N7O3/c1-21(2)26-13-12-25(19-22(26)3)36-33(42)24-10-7-9-23(20-24)29-30-31(34)35-15-17-40(30)32(38-29)27(14-18-43-6)37-28(41)11-8-16-39(4)5/h7-13,15,17,19-21,27H,14,16,18H2,1-6H3,(H2,34,35)(H,36,42)(H,37,41)/b11-8+/t27-/m0/s1. The first kappa shape index (κ1) is 31.4. The number of hydrogen-bond donors (Lipinski definition) is 3. The van der Waals surface area contributed by atoms with Crippen LogP contribution >= 0.6 is 0 Å². The first-order valence-electron chi connectivity index (χ1n) is 14.3. The SMILES string of the molecule is COCC[C@H](NC(=O)/C=C/CN(C)C)c1nc(-c2cccc(C(=O)Nc3ccc(C(C)C)c(C)c3)c2)c2c(N)nccn12. The van der Waals surface area contributed by atoms with Crippen LogP contribution in [0.15, 0.2) is 67.0 Å². The number of methoxy groups -OCH3 is 1. The quantitative estimate of drug-likeness (QED) is 0.201. The molecule has 4 N–H and O–H groups in total. The van der Waals surface area contributed by atoms with Gasteiger partial charge in [-0.05, 0) is 68.8 Å². The lowest BCUT2D eigenvalue weighted by Gasteiger charge is -2.17. The number of amides is 2. The summed E-state index contributed by atoms with van der Waals surface area (Å²) in [4.78, 5) is 37.3. The number of hydrogen-bond acceptors (Lipinski definition) is 7. The molecule has 0 radical (unpaired) electrons. The van der Waals surface area contributed by atoms with Gasteiger partial charge < -0.3 is 26.0 Å². The van der Waals surface area contributed by atoms with Crippen LogP contribution in [0, 0.1) is 6.92 Å². The molecule has 0 aliphatic heterocycles. The monoisotopic (exact) mass is 583 g/mol. The first-order valence-corrected chi connectivity index (χ1v) is 14.3. The Hall–Kier alpha value is -4.54. The highest BCUT2D eigenvalue weighted by Crippen LogP contribution is 2.32. The minimum absolute atomic E-state index is 0.233. The van der Waals surface area contributed by atoms with Crippen molar-refractivity contribution in [2.75, 3.05) is 45.4 Å². The molecule has 2 heterocycles. The van der Waals surface area contributed by atoms with Crippen molar-refractivity contribution in [1.82, 2.24) is 24.6 Å². The van der Waals surface area contributed by atoms with Gasteiger partial charge >= 0.3 is 0 Å². The molecule has 10 nitrogen and oxygen atoms in total. The normalized spacial score (nSPS) is 12.4. The van der Waals surface area contributed by atoms with Gasteiger partial charge in [0.05, 0.1) is 6.04 Å². The fourth-order valence-electron chi connectivity index (χ4n) is 5.04. The lowest BCUT2D eigenvalue weighted by Crippen LogP contribution is -2.29. The van der Waals surface area contributed by atoms with Gasteiger partial charge in [-0.25, -0.2) is 9.97 Å². The van der Waals surface area contributed by atoms with Crippen LogP contribution in [-0.2, 0) is 9.53 Å².